The predicted octanol–water partition coefficient (Wildman–Crippen LogP) is 2.74. The van der Waals surface area contributed by atoms with Gasteiger partial charge in [0.1, 0.15) is 6.20 Å². The number of aromatic nitrogens is 1. The Morgan fingerprint density at radius 2 is 2.20 bits per heavy atom. The number of hydrogen-bond acceptors (Lipinski definition) is 5. The van der Waals surface area contributed by atoms with E-state index in [4.69, 9.17) is 11.6 Å². The third-order valence-electron chi connectivity index (χ3n) is 4.28. The molecule has 1 atom stereocenters. The normalized spacial score (nSPS) is 17.4. The van der Waals surface area contributed by atoms with Crippen molar-refractivity contribution in [3.8, 4) is 0 Å². The number of pyridine rings is 1. The van der Waals surface area contributed by atoms with Gasteiger partial charge in [-0.25, -0.2) is 0 Å². The van der Waals surface area contributed by atoms with E-state index in [1.54, 1.807) is 17.9 Å². The van der Waals surface area contributed by atoms with Gasteiger partial charge in [0, 0.05) is 30.7 Å². The van der Waals surface area contributed by atoms with Crippen molar-refractivity contribution < 1.29 is 9.72 Å². The fourth-order valence-corrected chi connectivity index (χ4v) is 3.23. The first-order valence-electron chi connectivity index (χ1n) is 7.86. The average molecular weight is 361 g/mol. The summed E-state index contributed by atoms with van der Waals surface area (Å²) in [6.07, 6.45) is 1.16. The van der Waals surface area contributed by atoms with Gasteiger partial charge in [-0.1, -0.05) is 29.8 Å². The number of nitro groups is 1. The predicted molar refractivity (Wildman–Crippen MR) is 93.7 cm³/mol. The van der Waals surface area contributed by atoms with Gasteiger partial charge in [-0.05, 0) is 18.6 Å². The third-order valence-corrected chi connectivity index (χ3v) is 4.63. The molecule has 7 nitrogen and oxygen atoms in total. The van der Waals surface area contributed by atoms with Gasteiger partial charge in [0.05, 0.1) is 22.2 Å². The number of rotatable bonds is 3. The van der Waals surface area contributed by atoms with Crippen LogP contribution in [-0.4, -0.2) is 40.3 Å². The van der Waals surface area contributed by atoms with Crippen LogP contribution >= 0.6 is 11.6 Å². The van der Waals surface area contributed by atoms with E-state index in [0.717, 1.165) is 11.8 Å². The molecule has 130 valence electrons. The Labute approximate surface area is 149 Å². The molecular formula is C17H17ClN4O3. The van der Waals surface area contributed by atoms with Crippen molar-refractivity contribution in [3.05, 3.63) is 68.5 Å². The summed E-state index contributed by atoms with van der Waals surface area (Å²) >= 11 is 6.30. The molecule has 1 N–H and O–H groups in total. The largest absolute Gasteiger partial charge is 0.329 e. The Bertz CT molecular complexity index is 827. The monoisotopic (exact) mass is 360 g/mol. The highest BCUT2D eigenvalue weighted by Crippen LogP contribution is 2.30. The fourth-order valence-electron chi connectivity index (χ4n) is 2.96. The molecule has 1 saturated heterocycles. The van der Waals surface area contributed by atoms with Crippen molar-refractivity contribution in [3.63, 3.8) is 0 Å². The van der Waals surface area contributed by atoms with Crippen molar-refractivity contribution in [2.75, 3.05) is 19.6 Å². The number of aryl methyl sites for hydroxylation is 1. The lowest BCUT2D eigenvalue weighted by atomic mass is 10.0. The van der Waals surface area contributed by atoms with E-state index in [2.05, 4.69) is 10.3 Å². The van der Waals surface area contributed by atoms with Crippen LogP contribution in [0.4, 0.5) is 5.69 Å². The van der Waals surface area contributed by atoms with Gasteiger partial charge in [-0.3, -0.25) is 19.9 Å². The van der Waals surface area contributed by atoms with Gasteiger partial charge in [-0.15, -0.1) is 0 Å². The van der Waals surface area contributed by atoms with E-state index in [1.807, 2.05) is 18.2 Å². The zero-order valence-corrected chi connectivity index (χ0v) is 14.4. The number of nitrogens with one attached hydrogen (secondary N) is 1. The number of carbonyl (C=O) groups excluding carboxylic acids is 1. The van der Waals surface area contributed by atoms with E-state index < -0.39 is 4.92 Å². The minimum Gasteiger partial charge on any atom is -0.329 e. The molecule has 1 aliphatic rings. The number of benzene rings is 1. The average Bonchev–Trinajstić information content (AvgIpc) is 2.62. The van der Waals surface area contributed by atoms with Crippen molar-refractivity contribution in [2.45, 2.75) is 13.0 Å². The molecule has 1 aromatic heterocycles. The van der Waals surface area contributed by atoms with Crippen LogP contribution < -0.4 is 5.32 Å². The van der Waals surface area contributed by atoms with Crippen molar-refractivity contribution >= 4 is 23.2 Å². The van der Waals surface area contributed by atoms with Crippen LogP contribution in [-0.2, 0) is 0 Å². The number of nitrogens with zero attached hydrogens (tertiary/aromatic N) is 3. The molecule has 1 aliphatic heterocycles. The van der Waals surface area contributed by atoms with Gasteiger partial charge >= 0.3 is 0 Å². The Hall–Kier alpha value is -2.51. The molecule has 0 spiro atoms. The standard InChI is InChI=1S/C17H17ClN4O3/c1-11-14(8-12(9-20-11)22(24)25)17(23)21-7-6-19-10-16(21)13-4-2-3-5-15(13)18/h2-5,8-9,16,19H,6-7,10H2,1H3. The van der Waals surface area contributed by atoms with Crippen molar-refractivity contribution in [1.29, 1.82) is 0 Å². The van der Waals surface area contributed by atoms with Gasteiger partial charge in [0.15, 0.2) is 0 Å². The zero-order chi connectivity index (χ0) is 18.0. The second-order valence-electron chi connectivity index (χ2n) is 5.82. The summed E-state index contributed by atoms with van der Waals surface area (Å²) < 4.78 is 0. The lowest BCUT2D eigenvalue weighted by Crippen LogP contribution is -2.49. The Balaban J connectivity index is 1.98. The smallest absolute Gasteiger partial charge is 0.288 e. The molecule has 1 amide bonds. The number of halogens is 1. The number of piperazine rings is 1. The van der Waals surface area contributed by atoms with E-state index in [1.165, 1.54) is 6.07 Å². The summed E-state index contributed by atoms with van der Waals surface area (Å²) in [5, 5.41) is 14.9. The van der Waals surface area contributed by atoms with Crippen molar-refractivity contribution in [2.24, 2.45) is 0 Å². The van der Waals surface area contributed by atoms with Gasteiger partial charge in [-0.2, -0.15) is 0 Å². The first-order valence-corrected chi connectivity index (χ1v) is 8.24. The van der Waals surface area contributed by atoms with Crippen LogP contribution in [0.25, 0.3) is 0 Å². The molecule has 0 aliphatic carbocycles. The minimum atomic E-state index is -0.549. The molecule has 0 radical (unpaired) electrons. The lowest BCUT2D eigenvalue weighted by Gasteiger charge is -2.37. The second kappa shape index (κ2) is 7.16. The SMILES string of the molecule is Cc1ncc([N+](=O)[O-])cc1C(=O)N1CCNCC1c1ccccc1Cl. The van der Waals surface area contributed by atoms with E-state index in [0.29, 0.717) is 30.4 Å². The zero-order valence-electron chi connectivity index (χ0n) is 13.6. The fraction of sp³-hybridized carbons (Fsp3) is 0.294. The van der Waals surface area contributed by atoms with Crippen LogP contribution in [0.1, 0.15) is 27.7 Å². The maximum atomic E-state index is 13.1. The van der Waals surface area contributed by atoms with Crippen LogP contribution in [0.3, 0.4) is 0 Å². The highest BCUT2D eigenvalue weighted by atomic mass is 35.5. The minimum absolute atomic E-state index is 0.196. The molecule has 1 unspecified atom stereocenters. The topological polar surface area (TPSA) is 88.4 Å². The summed E-state index contributed by atoms with van der Waals surface area (Å²) in [6.45, 7) is 3.37. The first-order chi connectivity index (χ1) is 12.0. The van der Waals surface area contributed by atoms with Gasteiger partial charge in [0.25, 0.3) is 11.6 Å². The van der Waals surface area contributed by atoms with E-state index >= 15 is 0 Å². The maximum absolute atomic E-state index is 13.1. The molecule has 0 bridgehead atoms. The van der Waals surface area contributed by atoms with Crippen LogP contribution in [0.2, 0.25) is 5.02 Å². The van der Waals surface area contributed by atoms with Crippen LogP contribution in [0.5, 0.6) is 0 Å². The molecule has 3 rings (SSSR count). The Kier molecular flexibility index (Phi) is 4.96. The summed E-state index contributed by atoms with van der Waals surface area (Å²) in [4.78, 5) is 29.2. The molecule has 25 heavy (non-hydrogen) atoms. The lowest BCUT2D eigenvalue weighted by molar-refractivity contribution is -0.385. The highest BCUT2D eigenvalue weighted by molar-refractivity contribution is 6.31. The Morgan fingerprint density at radius 1 is 1.44 bits per heavy atom. The molecule has 2 heterocycles. The molecule has 2 aromatic rings. The number of amides is 1. The Morgan fingerprint density at radius 3 is 2.92 bits per heavy atom. The van der Waals surface area contributed by atoms with Crippen LogP contribution in [0.15, 0.2) is 36.5 Å². The molecule has 1 fully saturated rings. The van der Waals surface area contributed by atoms with E-state index in [-0.39, 0.29) is 23.2 Å². The van der Waals surface area contributed by atoms with Crippen LogP contribution in [0, 0.1) is 17.0 Å². The molecule has 0 saturated carbocycles. The number of hydrogen-bond donors (Lipinski definition) is 1. The summed E-state index contributed by atoms with van der Waals surface area (Å²) in [5.41, 5.74) is 1.36. The second-order valence-corrected chi connectivity index (χ2v) is 6.23. The maximum Gasteiger partial charge on any atom is 0.288 e. The summed E-state index contributed by atoms with van der Waals surface area (Å²) in [5.74, 6) is -0.278. The molecule has 1 aromatic carbocycles. The van der Waals surface area contributed by atoms with Crippen molar-refractivity contribution in [1.82, 2.24) is 15.2 Å². The summed E-state index contributed by atoms with van der Waals surface area (Å²) in [6, 6.07) is 8.43. The molecular weight excluding hydrogens is 344 g/mol. The van der Waals surface area contributed by atoms with Gasteiger partial charge in [0.2, 0.25) is 0 Å². The third kappa shape index (κ3) is 3.47. The highest BCUT2D eigenvalue weighted by Gasteiger charge is 2.31. The number of carbonyl (C=O) groups is 1. The van der Waals surface area contributed by atoms with E-state index in [9.17, 15) is 14.9 Å². The summed E-state index contributed by atoms with van der Waals surface area (Å²) in [7, 11) is 0. The molecule has 8 heteroatoms. The quantitative estimate of drug-likeness (QED) is 0.671. The van der Waals surface area contributed by atoms with Gasteiger partial charge < -0.3 is 10.2 Å². The first kappa shape index (κ1) is 17.3.